The number of hydrogen-bond donors (Lipinski definition) is 2. The predicted molar refractivity (Wildman–Crippen MR) is 112 cm³/mol. The number of thiophene rings is 1. The van der Waals surface area contributed by atoms with Crippen LogP contribution in [0, 0.1) is 6.92 Å². The Hall–Kier alpha value is -3.17. The summed E-state index contributed by atoms with van der Waals surface area (Å²) in [6.07, 6.45) is 0. The van der Waals surface area contributed by atoms with Gasteiger partial charge in [-0.2, -0.15) is 0 Å². The molecule has 3 aromatic rings. The maximum Gasteiger partial charge on any atom is 0.340 e. The van der Waals surface area contributed by atoms with Crippen molar-refractivity contribution in [1.29, 1.82) is 0 Å². The third kappa shape index (κ3) is 5.21. The number of hydrogen-bond acceptors (Lipinski definition) is 6. The third-order valence-electron chi connectivity index (χ3n) is 3.90. The lowest BCUT2D eigenvalue weighted by molar-refractivity contribution is -0.119. The number of ether oxygens (including phenoxy) is 1. The van der Waals surface area contributed by atoms with E-state index in [4.69, 9.17) is 4.74 Å². The van der Waals surface area contributed by atoms with Crippen molar-refractivity contribution in [3.63, 3.8) is 0 Å². The summed E-state index contributed by atoms with van der Waals surface area (Å²) in [4.78, 5) is 24.5. The molecule has 0 unspecified atom stereocenters. The van der Waals surface area contributed by atoms with Crippen molar-refractivity contribution >= 4 is 44.6 Å². The Morgan fingerprint density at radius 2 is 1.66 bits per heavy atom. The molecule has 9 heteroatoms. The van der Waals surface area contributed by atoms with E-state index in [2.05, 4.69) is 10.0 Å². The van der Waals surface area contributed by atoms with Gasteiger partial charge >= 0.3 is 5.97 Å². The number of benzene rings is 2. The number of para-hydroxylation sites is 2. The maximum absolute atomic E-state index is 12.4. The summed E-state index contributed by atoms with van der Waals surface area (Å²) in [6.45, 7) is 1.34. The van der Waals surface area contributed by atoms with E-state index in [9.17, 15) is 18.0 Å². The summed E-state index contributed by atoms with van der Waals surface area (Å²) < 4.78 is 32.4. The fourth-order valence-corrected chi connectivity index (χ4v) is 4.54. The topological polar surface area (TPSA) is 102 Å². The van der Waals surface area contributed by atoms with E-state index in [0.29, 0.717) is 5.69 Å². The van der Waals surface area contributed by atoms with Gasteiger partial charge in [0.05, 0.1) is 11.3 Å². The van der Waals surface area contributed by atoms with E-state index in [1.807, 2.05) is 19.1 Å². The number of sulfonamides is 1. The molecule has 3 rings (SSSR count). The van der Waals surface area contributed by atoms with Crippen molar-refractivity contribution in [3.05, 3.63) is 77.2 Å². The quantitative estimate of drug-likeness (QED) is 0.557. The first-order chi connectivity index (χ1) is 13.9. The minimum Gasteiger partial charge on any atom is -0.452 e. The Morgan fingerprint density at radius 1 is 0.966 bits per heavy atom. The number of anilines is 2. The largest absolute Gasteiger partial charge is 0.452 e. The molecule has 7 nitrogen and oxygen atoms in total. The summed E-state index contributed by atoms with van der Waals surface area (Å²) in [5.74, 6) is -1.31. The minimum atomic E-state index is -3.82. The van der Waals surface area contributed by atoms with Gasteiger partial charge in [-0.05, 0) is 42.1 Å². The molecule has 0 saturated carbocycles. The average molecular weight is 431 g/mol. The van der Waals surface area contributed by atoms with Crippen LogP contribution < -0.4 is 10.0 Å². The van der Waals surface area contributed by atoms with Gasteiger partial charge in [-0.1, -0.05) is 36.4 Å². The fourth-order valence-electron chi connectivity index (χ4n) is 2.47. The molecule has 29 heavy (non-hydrogen) atoms. The van der Waals surface area contributed by atoms with Crippen molar-refractivity contribution in [2.24, 2.45) is 0 Å². The molecule has 0 radical (unpaired) electrons. The Morgan fingerprint density at radius 3 is 2.34 bits per heavy atom. The monoisotopic (exact) mass is 430 g/mol. The molecule has 0 aliphatic carbocycles. The molecule has 2 N–H and O–H groups in total. The van der Waals surface area contributed by atoms with Gasteiger partial charge in [0.2, 0.25) is 0 Å². The second-order valence-electron chi connectivity index (χ2n) is 6.02. The highest BCUT2D eigenvalue weighted by molar-refractivity contribution is 7.94. The van der Waals surface area contributed by atoms with E-state index in [1.165, 1.54) is 18.2 Å². The Kier molecular flexibility index (Phi) is 6.30. The fraction of sp³-hybridized carbons (Fsp3) is 0.100. The molecule has 1 amide bonds. The zero-order valence-corrected chi connectivity index (χ0v) is 17.0. The Balaban J connectivity index is 1.67. The Bertz CT molecular complexity index is 1130. The van der Waals surface area contributed by atoms with Gasteiger partial charge in [0.25, 0.3) is 15.9 Å². The maximum atomic E-state index is 12.4. The number of amides is 1. The number of carbonyl (C=O) groups is 2. The average Bonchev–Trinajstić information content (AvgIpc) is 3.24. The van der Waals surface area contributed by atoms with Gasteiger partial charge < -0.3 is 10.1 Å². The normalized spacial score (nSPS) is 10.9. The minimum absolute atomic E-state index is 0.0105. The molecule has 1 aromatic heterocycles. The van der Waals surface area contributed by atoms with Crippen molar-refractivity contribution in [2.75, 3.05) is 16.6 Å². The van der Waals surface area contributed by atoms with Crippen LogP contribution >= 0.6 is 11.3 Å². The highest BCUT2D eigenvalue weighted by Crippen LogP contribution is 2.23. The van der Waals surface area contributed by atoms with Gasteiger partial charge in [0, 0.05) is 5.69 Å². The molecule has 0 saturated heterocycles. The van der Waals surface area contributed by atoms with E-state index < -0.39 is 28.5 Å². The van der Waals surface area contributed by atoms with Crippen molar-refractivity contribution < 1.29 is 22.7 Å². The van der Waals surface area contributed by atoms with Crippen LogP contribution in [0.4, 0.5) is 11.4 Å². The second-order valence-corrected chi connectivity index (χ2v) is 8.88. The standard InChI is InChI=1S/C20H18N2O5S2/c1-14-7-2-4-9-16(14)21-18(23)13-27-20(24)15-8-3-5-10-17(15)22-29(25,26)19-11-6-12-28-19/h2-12,22H,13H2,1H3,(H,21,23). The van der Waals surface area contributed by atoms with Crippen LogP contribution in [0.5, 0.6) is 0 Å². The first kappa shape index (κ1) is 20.6. The van der Waals surface area contributed by atoms with Crippen LogP contribution in [0.2, 0.25) is 0 Å². The van der Waals surface area contributed by atoms with Gasteiger partial charge in [0.1, 0.15) is 4.21 Å². The molecule has 0 aliphatic heterocycles. The molecule has 2 aromatic carbocycles. The number of carbonyl (C=O) groups excluding carboxylic acids is 2. The lowest BCUT2D eigenvalue weighted by Gasteiger charge is -2.12. The number of nitrogens with one attached hydrogen (secondary N) is 2. The lowest BCUT2D eigenvalue weighted by atomic mass is 10.2. The summed E-state index contributed by atoms with van der Waals surface area (Å²) in [5.41, 5.74) is 1.58. The van der Waals surface area contributed by atoms with Crippen LogP contribution in [0.1, 0.15) is 15.9 Å². The number of rotatable bonds is 7. The van der Waals surface area contributed by atoms with Gasteiger partial charge in [-0.25, -0.2) is 13.2 Å². The molecular formula is C20H18N2O5S2. The summed E-state index contributed by atoms with van der Waals surface area (Å²) in [6, 6.07) is 16.3. The lowest BCUT2D eigenvalue weighted by Crippen LogP contribution is -2.22. The zero-order chi connectivity index (χ0) is 20.9. The van der Waals surface area contributed by atoms with Crippen LogP contribution in [0.25, 0.3) is 0 Å². The van der Waals surface area contributed by atoms with Gasteiger partial charge in [-0.15, -0.1) is 11.3 Å². The molecular weight excluding hydrogens is 412 g/mol. The molecule has 1 heterocycles. The first-order valence-electron chi connectivity index (χ1n) is 8.55. The smallest absolute Gasteiger partial charge is 0.340 e. The van der Waals surface area contributed by atoms with E-state index in [1.54, 1.807) is 35.7 Å². The van der Waals surface area contributed by atoms with Crippen LogP contribution in [0.3, 0.4) is 0 Å². The highest BCUT2D eigenvalue weighted by Gasteiger charge is 2.20. The molecule has 0 spiro atoms. The SMILES string of the molecule is Cc1ccccc1NC(=O)COC(=O)c1ccccc1NS(=O)(=O)c1cccs1. The van der Waals surface area contributed by atoms with Crippen LogP contribution in [0.15, 0.2) is 70.3 Å². The van der Waals surface area contributed by atoms with Crippen molar-refractivity contribution in [2.45, 2.75) is 11.1 Å². The van der Waals surface area contributed by atoms with Crippen LogP contribution in [-0.4, -0.2) is 26.9 Å². The van der Waals surface area contributed by atoms with E-state index in [0.717, 1.165) is 16.9 Å². The highest BCUT2D eigenvalue weighted by atomic mass is 32.2. The predicted octanol–water partition coefficient (Wildman–Crippen LogP) is 3.65. The van der Waals surface area contributed by atoms with Gasteiger partial charge in [0.15, 0.2) is 6.61 Å². The van der Waals surface area contributed by atoms with Crippen LogP contribution in [-0.2, 0) is 19.6 Å². The molecule has 0 fully saturated rings. The number of aryl methyl sites for hydroxylation is 1. The summed E-state index contributed by atoms with van der Waals surface area (Å²) in [5, 5.41) is 4.30. The van der Waals surface area contributed by atoms with Crippen molar-refractivity contribution in [1.82, 2.24) is 0 Å². The number of esters is 1. The summed E-state index contributed by atoms with van der Waals surface area (Å²) in [7, 11) is -3.82. The Labute approximate surface area is 172 Å². The molecule has 0 bridgehead atoms. The van der Waals surface area contributed by atoms with E-state index >= 15 is 0 Å². The molecule has 0 atom stereocenters. The van der Waals surface area contributed by atoms with E-state index in [-0.39, 0.29) is 15.5 Å². The second kappa shape index (κ2) is 8.89. The van der Waals surface area contributed by atoms with Gasteiger partial charge in [-0.3, -0.25) is 9.52 Å². The first-order valence-corrected chi connectivity index (χ1v) is 10.9. The molecule has 0 aliphatic rings. The summed E-state index contributed by atoms with van der Waals surface area (Å²) >= 11 is 1.06. The third-order valence-corrected chi connectivity index (χ3v) is 6.67. The zero-order valence-electron chi connectivity index (χ0n) is 15.4. The van der Waals surface area contributed by atoms with Crippen molar-refractivity contribution in [3.8, 4) is 0 Å². The molecule has 150 valence electrons.